The fraction of sp³-hybridized carbons (Fsp3) is 0.382. The lowest BCUT2D eigenvalue weighted by Crippen LogP contribution is -2.11. The minimum absolute atomic E-state index is 0.0531. The molecule has 0 aliphatic heterocycles. The average molecular weight is 758 g/mol. The minimum Gasteiger partial charge on any atom is -0.375 e. The van der Waals surface area contributed by atoms with Crippen LogP contribution in [-0.2, 0) is 0 Å². The summed E-state index contributed by atoms with van der Waals surface area (Å²) in [5, 5.41) is 23.4. The first-order valence-corrected chi connectivity index (χ1v) is 17.8. The molecule has 0 amide bonds. The van der Waals surface area contributed by atoms with Gasteiger partial charge in [0.1, 0.15) is 0 Å². The van der Waals surface area contributed by atoms with Crippen molar-refractivity contribution >= 4 is 65.9 Å². The molecule has 0 aliphatic carbocycles. The van der Waals surface area contributed by atoms with Crippen molar-refractivity contribution in [2.24, 2.45) is 0 Å². The number of ketones is 1. The molecule has 5 aromatic rings. The van der Waals surface area contributed by atoms with E-state index < -0.39 is 4.92 Å². The van der Waals surface area contributed by atoms with E-state index in [2.05, 4.69) is 39.2 Å². The quantitative estimate of drug-likeness (QED) is 0.0803. The van der Waals surface area contributed by atoms with E-state index in [-0.39, 0.29) is 27.4 Å². The smallest absolute Gasteiger partial charge is 0.276 e. The van der Waals surface area contributed by atoms with Crippen molar-refractivity contribution in [3.8, 4) is 11.3 Å². The number of fused-ring (bicyclic) bond motifs is 1. The van der Waals surface area contributed by atoms with Crippen molar-refractivity contribution in [2.75, 3.05) is 11.1 Å². The van der Waals surface area contributed by atoms with Crippen molar-refractivity contribution in [3.05, 3.63) is 97.6 Å². The molecule has 0 fully saturated rings. The number of benzene rings is 2. The average Bonchev–Trinajstić information content (AvgIpc) is 3.62. The molecule has 0 aliphatic rings. The highest BCUT2D eigenvalue weighted by atomic mass is 79.9. The summed E-state index contributed by atoms with van der Waals surface area (Å²) < 4.78 is 2.06. The van der Waals surface area contributed by atoms with Gasteiger partial charge < -0.3 is 5.73 Å². The van der Waals surface area contributed by atoms with Crippen molar-refractivity contribution in [2.45, 2.75) is 83.1 Å². The molecule has 2 N–H and O–H groups in total. The zero-order valence-electron chi connectivity index (χ0n) is 29.3. The molecule has 0 saturated carbocycles. The van der Waals surface area contributed by atoms with Crippen molar-refractivity contribution in [1.29, 1.82) is 0 Å². The van der Waals surface area contributed by atoms with E-state index in [1.54, 1.807) is 25.2 Å². The summed E-state index contributed by atoms with van der Waals surface area (Å²) in [6.45, 7) is 22.7. The summed E-state index contributed by atoms with van der Waals surface area (Å²) in [7, 11) is 0. The topological polar surface area (TPSA) is 160 Å². The number of hydrogen-bond acceptors (Lipinski definition) is 10. The number of aryl methyl sites for hydroxylation is 4. The maximum atomic E-state index is 11.8. The molecule has 3 heterocycles. The van der Waals surface area contributed by atoms with Gasteiger partial charge in [0.15, 0.2) is 15.9 Å². The van der Waals surface area contributed by atoms with Crippen LogP contribution in [0, 0.1) is 103 Å². The number of nitrogen functional groups attached to an aromatic ring is 1. The summed E-state index contributed by atoms with van der Waals surface area (Å²) in [6.07, 6.45) is 1.99. The normalized spacial score (nSPS) is 10.8. The van der Waals surface area contributed by atoms with E-state index in [0.717, 1.165) is 55.4 Å². The number of anilines is 1. The molecule has 0 radical (unpaired) electrons. The summed E-state index contributed by atoms with van der Waals surface area (Å²) in [5.74, 6) is -0.119. The van der Waals surface area contributed by atoms with E-state index in [9.17, 15) is 25.0 Å². The van der Waals surface area contributed by atoms with E-state index in [1.165, 1.54) is 21.1 Å². The Bertz CT molecular complexity index is 2070. The van der Waals surface area contributed by atoms with Crippen LogP contribution in [0.25, 0.3) is 16.2 Å². The Labute approximate surface area is 296 Å². The van der Waals surface area contributed by atoms with E-state index in [4.69, 9.17) is 10.7 Å². The number of nitrogens with zero attached hydrogens (tertiary/aromatic N) is 5. The third-order valence-corrected chi connectivity index (χ3v) is 11.5. The predicted octanol–water partition coefficient (Wildman–Crippen LogP) is 9.57. The highest BCUT2D eigenvalue weighted by Crippen LogP contribution is 2.39. The number of nitrogens with two attached hydrogens (primary N) is 1. The Kier molecular flexibility index (Phi) is 12.0. The predicted molar refractivity (Wildman–Crippen MR) is 200 cm³/mol. The Morgan fingerprint density at radius 3 is 1.69 bits per heavy atom. The fourth-order valence-electron chi connectivity index (χ4n) is 5.75. The van der Waals surface area contributed by atoms with Gasteiger partial charge in [0.2, 0.25) is 0 Å². The largest absolute Gasteiger partial charge is 0.375 e. The number of carbonyl (C=O) groups is 1. The molecular formula is C34H41BrN6O5S2. The number of rotatable bonds is 5. The number of nitro groups is 2. The van der Waals surface area contributed by atoms with Crippen LogP contribution < -0.4 is 5.73 Å². The standard InChI is InChI=1S/C17H19N3O2S.C12H14BrNO3.C5H8N2S/c1-8-9(2)15(11(4)16(10(8)3)20(21)22)14-7-19-12(5)13(6)23-17(19)18-14;1-6-7(2)11(10(15)5-13)9(4)12(8(6)3)14(16)17;1-3-4(2)8-5(6)7-3/h7H,1-6H3;5H2,1-4H3;1-2H3,(H2,6,7). The Hall–Kier alpha value is -4.01. The first-order chi connectivity index (χ1) is 22.3. The van der Waals surface area contributed by atoms with Crippen molar-refractivity contribution in [3.63, 3.8) is 0 Å². The van der Waals surface area contributed by atoms with Crippen molar-refractivity contribution in [1.82, 2.24) is 14.4 Å². The minimum atomic E-state index is -0.415. The number of carbonyl (C=O) groups excluding carboxylic acids is 1. The number of thiazole rings is 2. The number of imidazole rings is 1. The van der Waals surface area contributed by atoms with Crippen LogP contribution in [0.4, 0.5) is 16.5 Å². The van der Waals surface area contributed by atoms with E-state index in [0.29, 0.717) is 27.4 Å². The van der Waals surface area contributed by atoms with E-state index >= 15 is 0 Å². The maximum Gasteiger partial charge on any atom is 0.276 e. The lowest BCUT2D eigenvalue weighted by atomic mass is 9.90. The molecule has 0 saturated heterocycles. The van der Waals surface area contributed by atoms with Gasteiger partial charge in [-0.15, -0.1) is 22.7 Å². The van der Waals surface area contributed by atoms with Gasteiger partial charge in [-0.2, -0.15) is 0 Å². The molecular weight excluding hydrogens is 716 g/mol. The first-order valence-electron chi connectivity index (χ1n) is 15.0. The van der Waals surface area contributed by atoms with Crippen LogP contribution in [-0.4, -0.2) is 35.3 Å². The Morgan fingerprint density at radius 1 is 0.750 bits per heavy atom. The maximum absolute atomic E-state index is 11.8. The molecule has 3 aromatic heterocycles. The van der Waals surface area contributed by atoms with Crippen LogP contribution in [0.15, 0.2) is 6.20 Å². The number of hydrogen-bond donors (Lipinski definition) is 1. The second-order valence-electron chi connectivity index (χ2n) is 11.7. The number of aromatic nitrogens is 3. The zero-order chi connectivity index (χ0) is 36.5. The molecule has 0 atom stereocenters. The van der Waals surface area contributed by atoms with Gasteiger partial charge in [-0.05, 0) is 105 Å². The van der Waals surface area contributed by atoms with Crippen LogP contribution in [0.5, 0.6) is 0 Å². The summed E-state index contributed by atoms with van der Waals surface area (Å²) >= 11 is 6.28. The third kappa shape index (κ3) is 7.35. The summed E-state index contributed by atoms with van der Waals surface area (Å²) in [5.41, 5.74) is 16.2. The Balaban J connectivity index is 0.000000219. The van der Waals surface area contributed by atoms with Gasteiger partial charge in [0, 0.05) is 55.0 Å². The van der Waals surface area contributed by atoms with Gasteiger partial charge in [-0.1, -0.05) is 15.9 Å². The molecule has 0 spiro atoms. The van der Waals surface area contributed by atoms with Gasteiger partial charge in [0.25, 0.3) is 11.4 Å². The lowest BCUT2D eigenvalue weighted by molar-refractivity contribution is -0.386. The Morgan fingerprint density at radius 2 is 1.27 bits per heavy atom. The molecule has 5 rings (SSSR count). The van der Waals surface area contributed by atoms with Crippen LogP contribution in [0.2, 0.25) is 0 Å². The monoisotopic (exact) mass is 756 g/mol. The first kappa shape index (κ1) is 38.4. The van der Waals surface area contributed by atoms with Crippen LogP contribution in [0.1, 0.15) is 76.0 Å². The number of alkyl halides is 1. The lowest BCUT2D eigenvalue weighted by Gasteiger charge is -2.14. The SMILES string of the molecule is Cc1c(C)c(C(=O)CBr)c(C)c([N+](=O)[O-])c1C.Cc1nc(N)sc1C.Cc1sc2nc(-c3c(C)c(C)c(C)c([N+](=O)[O-])c3C)cn2c1C. The zero-order valence-corrected chi connectivity index (χ0v) is 32.6. The molecule has 11 nitrogen and oxygen atoms in total. The van der Waals surface area contributed by atoms with Gasteiger partial charge in [0.05, 0.1) is 26.6 Å². The van der Waals surface area contributed by atoms with E-state index in [1.807, 2.05) is 61.6 Å². The highest BCUT2D eigenvalue weighted by molar-refractivity contribution is 9.09. The van der Waals surface area contributed by atoms with Gasteiger partial charge >= 0.3 is 0 Å². The fourth-order valence-corrected chi connectivity index (χ4v) is 7.67. The molecule has 0 unspecified atom stereocenters. The summed E-state index contributed by atoms with van der Waals surface area (Å²) in [4.78, 5) is 45.8. The number of halogens is 1. The van der Waals surface area contributed by atoms with Crippen LogP contribution in [0.3, 0.4) is 0 Å². The molecule has 256 valence electrons. The number of Topliss-reactive ketones (excluding diaryl/α,β-unsaturated/α-hetero) is 1. The molecule has 14 heteroatoms. The second kappa shape index (κ2) is 15.0. The van der Waals surface area contributed by atoms with Gasteiger partial charge in [-0.3, -0.25) is 29.4 Å². The number of nitro benzene ring substituents is 2. The summed E-state index contributed by atoms with van der Waals surface area (Å²) in [6, 6.07) is 0. The molecule has 0 bridgehead atoms. The van der Waals surface area contributed by atoms with Gasteiger partial charge in [-0.25, -0.2) is 9.97 Å². The van der Waals surface area contributed by atoms with Crippen LogP contribution >= 0.6 is 38.6 Å². The van der Waals surface area contributed by atoms with Crippen molar-refractivity contribution < 1.29 is 14.6 Å². The second-order valence-corrected chi connectivity index (χ2v) is 14.7. The molecule has 2 aromatic carbocycles. The highest BCUT2D eigenvalue weighted by Gasteiger charge is 2.26. The third-order valence-electron chi connectivity index (χ3n) is 9.03. The molecule has 48 heavy (non-hydrogen) atoms.